The molecule has 46 valence electrons. The molecule has 0 heterocycles. The summed E-state index contributed by atoms with van der Waals surface area (Å²) in [7, 11) is 2.10. The number of nitrogens with one attached hydrogen (secondary N) is 1. The van der Waals surface area contributed by atoms with Crippen LogP contribution in [0.2, 0.25) is 0 Å². The Bertz CT molecular complexity index is 97.4. The molecule has 3 aliphatic carbocycles. The molecule has 0 atom stereocenters. The van der Waals surface area contributed by atoms with Gasteiger partial charge in [0.1, 0.15) is 0 Å². The summed E-state index contributed by atoms with van der Waals surface area (Å²) >= 11 is 0. The molecule has 3 rings (SSSR count). The Morgan fingerprint density at radius 2 is 2.25 bits per heavy atom. The van der Waals surface area contributed by atoms with E-state index >= 15 is 0 Å². The van der Waals surface area contributed by atoms with Crippen molar-refractivity contribution >= 4 is 0 Å². The van der Waals surface area contributed by atoms with Gasteiger partial charge in [0.25, 0.3) is 0 Å². The maximum absolute atomic E-state index is 3.41. The Morgan fingerprint density at radius 3 is 2.50 bits per heavy atom. The van der Waals surface area contributed by atoms with E-state index in [-0.39, 0.29) is 0 Å². The molecule has 8 heavy (non-hydrogen) atoms. The Labute approximate surface area is 50.5 Å². The number of hydrogen-bond acceptors (Lipinski definition) is 1. The van der Waals surface area contributed by atoms with E-state index < -0.39 is 0 Å². The Kier molecular flexibility index (Phi) is 0.762. The highest BCUT2D eigenvalue weighted by Crippen LogP contribution is 2.51. The predicted molar refractivity (Wildman–Crippen MR) is 33.7 cm³/mol. The van der Waals surface area contributed by atoms with Gasteiger partial charge in [0.2, 0.25) is 0 Å². The van der Waals surface area contributed by atoms with E-state index in [9.17, 15) is 0 Å². The van der Waals surface area contributed by atoms with E-state index in [4.69, 9.17) is 0 Å². The summed E-state index contributed by atoms with van der Waals surface area (Å²) in [6.07, 6.45) is 5.85. The molecule has 2 bridgehead atoms. The predicted octanol–water partition coefficient (Wildman–Crippen LogP) is 1.15. The zero-order chi connectivity index (χ0) is 5.61. The summed E-state index contributed by atoms with van der Waals surface area (Å²) in [6.45, 7) is 0. The molecule has 0 unspecified atom stereocenters. The van der Waals surface area contributed by atoms with Crippen LogP contribution in [0.5, 0.6) is 0 Å². The van der Waals surface area contributed by atoms with Crippen molar-refractivity contribution in [1.29, 1.82) is 0 Å². The maximum Gasteiger partial charge on any atom is 0.0183 e. The van der Waals surface area contributed by atoms with Crippen LogP contribution in [-0.4, -0.2) is 12.6 Å². The first-order valence-corrected chi connectivity index (χ1v) is 3.54. The molecule has 0 radical (unpaired) electrons. The van der Waals surface area contributed by atoms with Crippen molar-refractivity contribution in [3.8, 4) is 0 Å². The Balaban J connectivity index is 2.09. The third kappa shape index (κ3) is 0.408. The molecule has 3 saturated carbocycles. The lowest BCUT2D eigenvalue weighted by atomic mass is 9.77. The third-order valence-electron chi connectivity index (χ3n) is 2.92. The van der Waals surface area contributed by atoms with Crippen LogP contribution in [0.1, 0.15) is 25.7 Å². The van der Waals surface area contributed by atoms with E-state index in [2.05, 4.69) is 12.4 Å². The van der Waals surface area contributed by atoms with E-state index in [0.717, 1.165) is 5.92 Å². The van der Waals surface area contributed by atoms with Gasteiger partial charge in [-0.15, -0.1) is 0 Å². The lowest BCUT2D eigenvalue weighted by Gasteiger charge is -2.38. The first kappa shape index (κ1) is 4.80. The minimum absolute atomic E-state index is 0.630. The first-order chi connectivity index (χ1) is 3.85. The average molecular weight is 111 g/mol. The molecule has 0 aromatic rings. The molecule has 3 fully saturated rings. The first-order valence-electron chi connectivity index (χ1n) is 3.54. The van der Waals surface area contributed by atoms with Crippen LogP contribution >= 0.6 is 0 Å². The molecule has 1 nitrogen and oxygen atoms in total. The van der Waals surface area contributed by atoms with Crippen molar-refractivity contribution < 1.29 is 0 Å². The number of rotatable bonds is 1. The fourth-order valence-electron chi connectivity index (χ4n) is 2.26. The standard InChI is InChI=1S/C7H13N/c1-8-7-3-2-6(4-7)5-7/h6,8H,2-5H2,1H3. The molecule has 0 aromatic carbocycles. The van der Waals surface area contributed by atoms with E-state index in [1.807, 2.05) is 0 Å². The van der Waals surface area contributed by atoms with Crippen LogP contribution in [0.4, 0.5) is 0 Å². The van der Waals surface area contributed by atoms with Crippen LogP contribution in [0.15, 0.2) is 0 Å². The van der Waals surface area contributed by atoms with Crippen molar-refractivity contribution in [2.45, 2.75) is 31.2 Å². The van der Waals surface area contributed by atoms with E-state index in [1.165, 1.54) is 25.7 Å². The minimum atomic E-state index is 0.630. The van der Waals surface area contributed by atoms with Crippen LogP contribution in [-0.2, 0) is 0 Å². The van der Waals surface area contributed by atoms with Gasteiger partial charge in [-0.25, -0.2) is 0 Å². The van der Waals surface area contributed by atoms with Gasteiger partial charge >= 0.3 is 0 Å². The van der Waals surface area contributed by atoms with E-state index in [0.29, 0.717) is 5.54 Å². The molecule has 0 aliphatic heterocycles. The fraction of sp³-hybridized carbons (Fsp3) is 1.00. The molecular formula is C7H13N. The van der Waals surface area contributed by atoms with Gasteiger partial charge in [0.15, 0.2) is 0 Å². The van der Waals surface area contributed by atoms with Crippen LogP contribution < -0.4 is 5.32 Å². The van der Waals surface area contributed by atoms with Crippen molar-refractivity contribution in [3.05, 3.63) is 0 Å². The molecule has 0 spiro atoms. The van der Waals surface area contributed by atoms with Crippen molar-refractivity contribution in [3.63, 3.8) is 0 Å². The van der Waals surface area contributed by atoms with Gasteiger partial charge in [-0.1, -0.05) is 0 Å². The second-order valence-electron chi connectivity index (χ2n) is 3.34. The second-order valence-corrected chi connectivity index (χ2v) is 3.34. The molecule has 0 amide bonds. The maximum atomic E-state index is 3.41. The summed E-state index contributed by atoms with van der Waals surface area (Å²) in [4.78, 5) is 0. The normalized spacial score (nSPS) is 51.4. The third-order valence-corrected chi connectivity index (χ3v) is 2.92. The minimum Gasteiger partial charge on any atom is -0.314 e. The largest absolute Gasteiger partial charge is 0.314 e. The van der Waals surface area contributed by atoms with E-state index in [1.54, 1.807) is 0 Å². The summed E-state index contributed by atoms with van der Waals surface area (Å²) < 4.78 is 0. The lowest BCUT2D eigenvalue weighted by molar-refractivity contribution is 0.204. The van der Waals surface area contributed by atoms with Crippen LogP contribution in [0.3, 0.4) is 0 Å². The van der Waals surface area contributed by atoms with Gasteiger partial charge in [-0.2, -0.15) is 0 Å². The molecule has 0 aromatic heterocycles. The monoisotopic (exact) mass is 111 g/mol. The molecule has 3 aliphatic rings. The quantitative estimate of drug-likeness (QED) is 0.535. The molecule has 1 heteroatoms. The van der Waals surface area contributed by atoms with Crippen molar-refractivity contribution in [2.75, 3.05) is 7.05 Å². The highest BCUT2D eigenvalue weighted by atomic mass is 15.0. The van der Waals surface area contributed by atoms with Crippen LogP contribution in [0.25, 0.3) is 0 Å². The highest BCUT2D eigenvalue weighted by Gasteiger charge is 2.48. The Morgan fingerprint density at radius 1 is 1.50 bits per heavy atom. The number of hydrogen-bond donors (Lipinski definition) is 1. The average Bonchev–Trinajstić information content (AvgIpc) is 2.17. The van der Waals surface area contributed by atoms with Gasteiger partial charge in [0, 0.05) is 5.54 Å². The lowest BCUT2D eigenvalue weighted by Crippen LogP contribution is -2.46. The Hall–Kier alpha value is -0.0400. The van der Waals surface area contributed by atoms with Crippen LogP contribution in [0, 0.1) is 5.92 Å². The van der Waals surface area contributed by atoms with Gasteiger partial charge in [-0.05, 0) is 38.6 Å². The topological polar surface area (TPSA) is 12.0 Å². The summed E-state index contributed by atoms with van der Waals surface area (Å²) in [5, 5.41) is 3.41. The fourth-order valence-corrected chi connectivity index (χ4v) is 2.26. The molecule has 0 saturated heterocycles. The summed E-state index contributed by atoms with van der Waals surface area (Å²) in [6, 6.07) is 0. The van der Waals surface area contributed by atoms with Crippen molar-refractivity contribution in [1.82, 2.24) is 5.32 Å². The van der Waals surface area contributed by atoms with Gasteiger partial charge < -0.3 is 5.32 Å². The highest BCUT2D eigenvalue weighted by molar-refractivity contribution is 5.06. The molecular weight excluding hydrogens is 98.1 g/mol. The van der Waals surface area contributed by atoms with Gasteiger partial charge in [0.05, 0.1) is 0 Å². The SMILES string of the molecule is CNC12CCC(C1)C2. The summed E-state index contributed by atoms with van der Waals surface area (Å²) in [5.74, 6) is 1.10. The zero-order valence-electron chi connectivity index (χ0n) is 5.41. The molecule has 1 N–H and O–H groups in total. The second kappa shape index (κ2) is 1.27. The summed E-state index contributed by atoms with van der Waals surface area (Å²) in [5.41, 5.74) is 0.630. The van der Waals surface area contributed by atoms with Crippen molar-refractivity contribution in [2.24, 2.45) is 5.92 Å². The smallest absolute Gasteiger partial charge is 0.0183 e. The van der Waals surface area contributed by atoms with Gasteiger partial charge in [-0.3, -0.25) is 0 Å². The number of fused-ring (bicyclic) bond motifs is 1. The zero-order valence-corrected chi connectivity index (χ0v) is 5.41.